The molecule has 212 valence electrons. The van der Waals surface area contributed by atoms with Gasteiger partial charge in [-0.3, -0.25) is 0 Å². The summed E-state index contributed by atoms with van der Waals surface area (Å²) in [4.78, 5) is 0. The fraction of sp³-hybridized carbons (Fsp3) is 0.676. The zero-order valence-corrected chi connectivity index (χ0v) is 28.8. The van der Waals surface area contributed by atoms with Crippen LogP contribution in [-0.4, -0.2) is 11.3 Å². The van der Waals surface area contributed by atoms with Gasteiger partial charge in [-0.05, 0) is 131 Å². The van der Waals surface area contributed by atoms with E-state index in [4.69, 9.17) is 0 Å². The standard InChI is InChI=1S/C37H59P/c1-22(2)29-20-30(23(3)4)33(31(21-29)24(5)6)32-27(9)25(7)26(8)28(10)34(32)38-19-17-18-37(38,35(11,12)13)36(14,15)16/h20-24H,17-19H2,1-16H3. The van der Waals surface area contributed by atoms with Crippen molar-refractivity contribution in [2.24, 2.45) is 10.8 Å². The summed E-state index contributed by atoms with van der Waals surface area (Å²) in [6, 6.07) is 5.12. The van der Waals surface area contributed by atoms with E-state index in [2.05, 4.69) is 123 Å². The second-order valence-corrected chi connectivity index (χ2v) is 17.9. The Morgan fingerprint density at radius 1 is 0.632 bits per heavy atom. The first-order chi connectivity index (χ1) is 17.3. The molecule has 2 aromatic rings. The van der Waals surface area contributed by atoms with Crippen molar-refractivity contribution in [2.75, 3.05) is 6.16 Å². The van der Waals surface area contributed by atoms with Gasteiger partial charge in [0.2, 0.25) is 0 Å². The molecule has 1 fully saturated rings. The molecule has 0 aromatic heterocycles. The number of hydrogen-bond acceptors (Lipinski definition) is 0. The third-order valence-corrected chi connectivity index (χ3v) is 14.5. The van der Waals surface area contributed by atoms with Crippen LogP contribution in [0.5, 0.6) is 0 Å². The summed E-state index contributed by atoms with van der Waals surface area (Å²) < 4.78 is 0. The molecule has 0 saturated carbocycles. The molecular formula is C37H59P. The van der Waals surface area contributed by atoms with Gasteiger partial charge in [-0.1, -0.05) is 103 Å². The maximum Gasteiger partial charge on any atom is 0.00429 e. The Labute approximate surface area is 238 Å². The highest BCUT2D eigenvalue weighted by Crippen LogP contribution is 2.72. The van der Waals surface area contributed by atoms with Crippen LogP contribution >= 0.6 is 7.92 Å². The quantitative estimate of drug-likeness (QED) is 0.335. The molecule has 0 aliphatic carbocycles. The Kier molecular flexibility index (Phi) is 8.83. The van der Waals surface area contributed by atoms with Gasteiger partial charge >= 0.3 is 0 Å². The largest absolute Gasteiger partial charge is 0.0669 e. The lowest BCUT2D eigenvalue weighted by Gasteiger charge is -2.56. The molecule has 1 unspecified atom stereocenters. The minimum Gasteiger partial charge on any atom is -0.0669 e. The summed E-state index contributed by atoms with van der Waals surface area (Å²) in [5, 5.41) is 2.04. The Morgan fingerprint density at radius 2 is 1.08 bits per heavy atom. The lowest BCUT2D eigenvalue weighted by atomic mass is 9.64. The average Bonchev–Trinajstić information content (AvgIpc) is 3.25. The molecule has 38 heavy (non-hydrogen) atoms. The van der Waals surface area contributed by atoms with E-state index in [0.29, 0.717) is 22.9 Å². The van der Waals surface area contributed by atoms with Crippen LogP contribution in [0, 0.1) is 38.5 Å². The third-order valence-electron chi connectivity index (χ3n) is 10.2. The minimum absolute atomic E-state index is 0.243. The van der Waals surface area contributed by atoms with E-state index in [1.165, 1.54) is 41.3 Å². The van der Waals surface area contributed by atoms with Gasteiger partial charge in [-0.2, -0.15) is 0 Å². The molecule has 2 aromatic carbocycles. The molecule has 0 bridgehead atoms. The maximum absolute atomic E-state index is 2.56. The first-order valence-corrected chi connectivity index (χ1v) is 16.9. The fourth-order valence-corrected chi connectivity index (χ4v) is 12.6. The summed E-state index contributed by atoms with van der Waals surface area (Å²) in [5.74, 6) is 1.51. The molecule has 0 N–H and O–H groups in total. The van der Waals surface area contributed by atoms with Gasteiger partial charge in [0.1, 0.15) is 0 Å². The third kappa shape index (κ3) is 4.95. The van der Waals surface area contributed by atoms with Crippen molar-refractivity contribution in [2.45, 2.75) is 147 Å². The topological polar surface area (TPSA) is 0 Å². The average molecular weight is 535 g/mol. The number of benzene rings is 2. The van der Waals surface area contributed by atoms with E-state index < -0.39 is 0 Å². The second-order valence-electron chi connectivity index (χ2n) is 15.4. The SMILES string of the molecule is Cc1c(C)c(C)c(P2CCCC2(C(C)(C)C)C(C)(C)C)c(-c2c(C(C)C)cc(C(C)C)cc2C(C)C)c1C. The molecule has 0 spiro atoms. The molecule has 0 amide bonds. The van der Waals surface area contributed by atoms with Gasteiger partial charge in [-0.25, -0.2) is 0 Å². The summed E-state index contributed by atoms with van der Waals surface area (Å²) in [7, 11) is -0.358. The normalized spacial score (nSPS) is 18.3. The van der Waals surface area contributed by atoms with Crippen molar-refractivity contribution < 1.29 is 0 Å². The smallest absolute Gasteiger partial charge is 0.00429 e. The van der Waals surface area contributed by atoms with Crippen molar-refractivity contribution in [3.05, 3.63) is 51.1 Å². The number of rotatable bonds is 5. The highest BCUT2D eigenvalue weighted by atomic mass is 31.1. The molecule has 0 nitrogen and oxygen atoms in total. The van der Waals surface area contributed by atoms with E-state index >= 15 is 0 Å². The van der Waals surface area contributed by atoms with Crippen LogP contribution in [-0.2, 0) is 0 Å². The molecule has 3 rings (SSSR count). The van der Waals surface area contributed by atoms with Crippen LogP contribution in [0.25, 0.3) is 11.1 Å². The van der Waals surface area contributed by atoms with E-state index in [-0.39, 0.29) is 18.8 Å². The molecule has 1 atom stereocenters. The molecule has 0 radical (unpaired) electrons. The number of hydrogen-bond donors (Lipinski definition) is 0. The van der Waals surface area contributed by atoms with Crippen molar-refractivity contribution >= 4 is 13.2 Å². The van der Waals surface area contributed by atoms with Crippen LogP contribution < -0.4 is 5.30 Å². The lowest BCUT2D eigenvalue weighted by molar-refractivity contribution is 0.133. The Morgan fingerprint density at radius 3 is 1.47 bits per heavy atom. The second kappa shape index (κ2) is 10.7. The zero-order valence-electron chi connectivity index (χ0n) is 28.0. The Balaban J connectivity index is 2.61. The molecule has 1 saturated heterocycles. The predicted molar refractivity (Wildman–Crippen MR) is 175 cm³/mol. The Hall–Kier alpha value is -1.13. The summed E-state index contributed by atoms with van der Waals surface area (Å²) in [6.45, 7) is 39.2. The first-order valence-electron chi connectivity index (χ1n) is 15.4. The monoisotopic (exact) mass is 534 g/mol. The van der Waals surface area contributed by atoms with Crippen LogP contribution in [0.2, 0.25) is 0 Å². The molecule has 1 aliphatic heterocycles. The Bertz CT molecular complexity index is 1130. The highest BCUT2D eigenvalue weighted by Gasteiger charge is 2.58. The van der Waals surface area contributed by atoms with Gasteiger partial charge in [0.15, 0.2) is 0 Å². The summed E-state index contributed by atoms with van der Waals surface area (Å²) >= 11 is 0. The molecular weight excluding hydrogens is 475 g/mol. The van der Waals surface area contributed by atoms with Crippen molar-refractivity contribution in [3.63, 3.8) is 0 Å². The van der Waals surface area contributed by atoms with Crippen LogP contribution in [0.15, 0.2) is 12.1 Å². The van der Waals surface area contributed by atoms with E-state index in [0.717, 1.165) is 0 Å². The van der Waals surface area contributed by atoms with Gasteiger partial charge in [-0.15, -0.1) is 0 Å². The van der Waals surface area contributed by atoms with Crippen LogP contribution in [0.4, 0.5) is 0 Å². The fourth-order valence-electron chi connectivity index (χ4n) is 7.99. The van der Waals surface area contributed by atoms with E-state index in [1.807, 2.05) is 0 Å². The first kappa shape index (κ1) is 31.4. The maximum atomic E-state index is 2.56. The predicted octanol–water partition coefficient (Wildman–Crippen LogP) is 11.7. The highest BCUT2D eigenvalue weighted by molar-refractivity contribution is 7.68. The van der Waals surface area contributed by atoms with Gasteiger partial charge in [0, 0.05) is 5.16 Å². The van der Waals surface area contributed by atoms with Gasteiger partial charge in [0.05, 0.1) is 0 Å². The van der Waals surface area contributed by atoms with Crippen molar-refractivity contribution in [1.82, 2.24) is 0 Å². The van der Waals surface area contributed by atoms with Gasteiger partial charge in [0.25, 0.3) is 0 Å². The molecule has 1 heterocycles. The van der Waals surface area contributed by atoms with Crippen molar-refractivity contribution in [3.8, 4) is 11.1 Å². The summed E-state index contributed by atoms with van der Waals surface area (Å²) in [6.07, 6.45) is 4.06. The van der Waals surface area contributed by atoms with Crippen LogP contribution in [0.3, 0.4) is 0 Å². The summed E-state index contributed by atoms with van der Waals surface area (Å²) in [5.41, 5.74) is 14.4. The van der Waals surface area contributed by atoms with E-state index in [1.54, 1.807) is 33.1 Å². The minimum atomic E-state index is -0.358. The molecule has 1 aliphatic rings. The van der Waals surface area contributed by atoms with Crippen LogP contribution in [0.1, 0.15) is 153 Å². The van der Waals surface area contributed by atoms with E-state index in [9.17, 15) is 0 Å². The van der Waals surface area contributed by atoms with Crippen molar-refractivity contribution in [1.29, 1.82) is 0 Å². The lowest BCUT2D eigenvalue weighted by Crippen LogP contribution is -2.51. The van der Waals surface area contributed by atoms with Gasteiger partial charge < -0.3 is 0 Å². The molecule has 1 heteroatoms. The zero-order chi connectivity index (χ0) is 29.1.